The van der Waals surface area contributed by atoms with Crippen LogP contribution in [0.5, 0.6) is 0 Å². The maximum Gasteiger partial charge on any atom is 0.253 e. The average molecular weight is 279 g/mol. The van der Waals surface area contributed by atoms with E-state index in [4.69, 9.17) is 0 Å². The number of pyridine rings is 1. The molecule has 0 fully saturated rings. The van der Waals surface area contributed by atoms with E-state index in [-0.39, 0.29) is 0 Å². The summed E-state index contributed by atoms with van der Waals surface area (Å²) in [6.45, 7) is 3.82. The van der Waals surface area contributed by atoms with Gasteiger partial charge in [0, 0.05) is 13.1 Å². The molecule has 19 heavy (non-hydrogen) atoms. The number of likely N-dealkylation sites (N-methyl/N-ethyl adjacent to an activating group) is 1. The van der Waals surface area contributed by atoms with E-state index in [1.807, 2.05) is 0 Å². The lowest BCUT2D eigenvalue weighted by Gasteiger charge is -2.19. The molecule has 0 aliphatic heterocycles. The Hall–Kier alpha value is -1.86. The summed E-state index contributed by atoms with van der Waals surface area (Å²) >= 11 is 0. The molecule has 1 rings (SSSR count). The highest BCUT2D eigenvalue weighted by atomic mass is 19.2. The van der Waals surface area contributed by atoms with E-state index in [1.165, 1.54) is 4.90 Å². The smallest absolute Gasteiger partial charge is 0.253 e. The number of hydrogen-bond acceptors (Lipinski definition) is 3. The summed E-state index contributed by atoms with van der Waals surface area (Å²) in [5, 5.41) is 2.05. The molecule has 0 saturated heterocycles. The van der Waals surface area contributed by atoms with Gasteiger partial charge in [-0.3, -0.25) is 4.79 Å². The molecule has 1 aromatic heterocycles. The van der Waals surface area contributed by atoms with Crippen LogP contribution < -0.4 is 5.32 Å². The molecule has 1 N–H and O–H groups in total. The Balaban J connectivity index is 2.87. The van der Waals surface area contributed by atoms with Crippen LogP contribution in [0.4, 0.5) is 23.2 Å². The Morgan fingerprint density at radius 1 is 1.11 bits per heavy atom. The van der Waals surface area contributed by atoms with Crippen molar-refractivity contribution in [1.82, 2.24) is 9.88 Å². The molecule has 1 amide bonds. The molecule has 0 radical (unpaired) electrons. The van der Waals surface area contributed by atoms with E-state index < -0.39 is 41.7 Å². The molecule has 0 aliphatic rings. The number of nitrogens with zero attached hydrogens (tertiary/aromatic N) is 2. The van der Waals surface area contributed by atoms with Gasteiger partial charge in [0.2, 0.25) is 17.5 Å². The van der Waals surface area contributed by atoms with Gasteiger partial charge in [-0.1, -0.05) is 0 Å². The average Bonchev–Trinajstić information content (AvgIpc) is 2.38. The van der Waals surface area contributed by atoms with Gasteiger partial charge in [0.25, 0.3) is 11.9 Å². The minimum atomic E-state index is -1.77. The number of amides is 1. The van der Waals surface area contributed by atoms with Crippen LogP contribution in [0.2, 0.25) is 0 Å². The van der Waals surface area contributed by atoms with E-state index in [9.17, 15) is 22.4 Å². The number of anilines is 1. The van der Waals surface area contributed by atoms with Crippen LogP contribution >= 0.6 is 0 Å². The normalized spacial score (nSPS) is 10.4. The monoisotopic (exact) mass is 279 g/mol. The van der Waals surface area contributed by atoms with Gasteiger partial charge in [0.1, 0.15) is 5.69 Å². The molecule has 0 aliphatic carbocycles. The Morgan fingerprint density at radius 3 is 2.00 bits per heavy atom. The second-order valence-corrected chi connectivity index (χ2v) is 3.62. The number of aromatic nitrogens is 1. The van der Waals surface area contributed by atoms with E-state index in [0.717, 1.165) is 0 Å². The summed E-state index contributed by atoms with van der Waals surface area (Å²) in [6, 6.07) is 0. The van der Waals surface area contributed by atoms with Crippen LogP contribution in [-0.4, -0.2) is 35.4 Å². The molecule has 0 spiro atoms. The topological polar surface area (TPSA) is 45.2 Å². The molecular weight excluding hydrogens is 266 g/mol. The first kappa shape index (κ1) is 15.2. The highest BCUT2D eigenvalue weighted by Gasteiger charge is 2.21. The van der Waals surface area contributed by atoms with Crippen molar-refractivity contribution in [3.63, 3.8) is 0 Å². The highest BCUT2D eigenvalue weighted by Crippen LogP contribution is 2.21. The summed E-state index contributed by atoms with van der Waals surface area (Å²) < 4.78 is 52.1. The van der Waals surface area contributed by atoms with Crippen LogP contribution in [0, 0.1) is 23.5 Å². The summed E-state index contributed by atoms with van der Waals surface area (Å²) in [7, 11) is 0. The molecule has 0 atom stereocenters. The van der Waals surface area contributed by atoms with E-state index in [0.29, 0.717) is 13.1 Å². The minimum Gasteiger partial charge on any atom is -0.371 e. The third kappa shape index (κ3) is 3.33. The number of nitrogens with one attached hydrogen (secondary N) is 1. The van der Waals surface area contributed by atoms with Crippen molar-refractivity contribution in [3.8, 4) is 0 Å². The second kappa shape index (κ2) is 6.35. The lowest BCUT2D eigenvalue weighted by atomic mass is 10.3. The van der Waals surface area contributed by atoms with Gasteiger partial charge in [-0.05, 0) is 13.8 Å². The fourth-order valence-electron chi connectivity index (χ4n) is 1.49. The van der Waals surface area contributed by atoms with E-state index >= 15 is 0 Å². The van der Waals surface area contributed by atoms with Crippen molar-refractivity contribution < 1.29 is 22.4 Å². The zero-order valence-electron chi connectivity index (χ0n) is 10.4. The lowest BCUT2D eigenvalue weighted by Crippen LogP contribution is -2.35. The molecule has 106 valence electrons. The largest absolute Gasteiger partial charge is 0.371 e. The Labute approximate surface area is 107 Å². The van der Waals surface area contributed by atoms with Gasteiger partial charge in [-0.25, -0.2) is 0 Å². The zero-order chi connectivity index (χ0) is 14.6. The molecule has 0 saturated carbocycles. The first-order chi connectivity index (χ1) is 8.92. The standard InChI is InChI=1S/C11H13F4N3O/c1-3-18(4-2)6(19)5-16-9-7(12)10(14)17-11(15)8(9)13/h3-5H2,1-2H3,(H,16,17). The third-order valence-corrected chi connectivity index (χ3v) is 2.53. The van der Waals surface area contributed by atoms with E-state index in [1.54, 1.807) is 13.8 Å². The van der Waals surface area contributed by atoms with Gasteiger partial charge in [0.15, 0.2) is 0 Å². The SMILES string of the molecule is CCN(CC)C(=O)CNc1c(F)c(F)nc(F)c1F. The zero-order valence-corrected chi connectivity index (χ0v) is 10.4. The summed E-state index contributed by atoms with van der Waals surface area (Å²) in [5.41, 5.74) is -1.04. The Morgan fingerprint density at radius 2 is 1.58 bits per heavy atom. The fraction of sp³-hybridized carbons (Fsp3) is 0.455. The predicted molar refractivity (Wildman–Crippen MR) is 60.5 cm³/mol. The number of carbonyl (C=O) groups excluding carboxylic acids is 1. The number of rotatable bonds is 5. The lowest BCUT2D eigenvalue weighted by molar-refractivity contribution is -0.128. The molecule has 4 nitrogen and oxygen atoms in total. The number of hydrogen-bond donors (Lipinski definition) is 1. The van der Waals surface area contributed by atoms with Gasteiger partial charge in [0.05, 0.1) is 6.54 Å². The van der Waals surface area contributed by atoms with E-state index in [2.05, 4.69) is 10.3 Å². The maximum atomic E-state index is 13.2. The fourth-order valence-corrected chi connectivity index (χ4v) is 1.49. The Bertz CT molecular complexity index is 451. The number of carbonyl (C=O) groups is 1. The second-order valence-electron chi connectivity index (χ2n) is 3.62. The number of halogens is 4. The summed E-state index contributed by atoms with van der Waals surface area (Å²) in [5.74, 6) is -7.30. The van der Waals surface area contributed by atoms with Gasteiger partial charge in [-0.2, -0.15) is 22.5 Å². The molecular formula is C11H13F4N3O. The summed E-state index contributed by atoms with van der Waals surface area (Å²) in [6.07, 6.45) is 0. The molecule has 0 unspecified atom stereocenters. The van der Waals surface area contributed by atoms with Crippen LogP contribution in [0.3, 0.4) is 0 Å². The first-order valence-corrected chi connectivity index (χ1v) is 5.63. The van der Waals surface area contributed by atoms with Crippen molar-refractivity contribution in [2.75, 3.05) is 25.0 Å². The van der Waals surface area contributed by atoms with Crippen molar-refractivity contribution in [3.05, 3.63) is 23.5 Å². The van der Waals surface area contributed by atoms with Crippen molar-refractivity contribution >= 4 is 11.6 Å². The van der Waals surface area contributed by atoms with Crippen LogP contribution in [0.1, 0.15) is 13.8 Å². The van der Waals surface area contributed by atoms with Crippen LogP contribution in [0.15, 0.2) is 0 Å². The third-order valence-electron chi connectivity index (χ3n) is 2.53. The van der Waals surface area contributed by atoms with Crippen molar-refractivity contribution in [2.45, 2.75) is 13.8 Å². The highest BCUT2D eigenvalue weighted by molar-refractivity contribution is 5.80. The van der Waals surface area contributed by atoms with Crippen LogP contribution in [-0.2, 0) is 4.79 Å². The van der Waals surface area contributed by atoms with Crippen molar-refractivity contribution in [2.24, 2.45) is 0 Å². The summed E-state index contributed by atoms with van der Waals surface area (Å²) in [4.78, 5) is 15.4. The van der Waals surface area contributed by atoms with Crippen LogP contribution in [0.25, 0.3) is 0 Å². The van der Waals surface area contributed by atoms with Gasteiger partial charge in [-0.15, -0.1) is 0 Å². The quantitative estimate of drug-likeness (QED) is 0.661. The minimum absolute atomic E-state index is 0.418. The predicted octanol–water partition coefficient (Wildman–Crippen LogP) is 1.92. The Kier molecular flexibility index (Phi) is 5.08. The molecule has 0 aromatic carbocycles. The molecule has 8 heteroatoms. The molecule has 1 aromatic rings. The maximum absolute atomic E-state index is 13.2. The molecule has 0 bridgehead atoms. The van der Waals surface area contributed by atoms with Crippen molar-refractivity contribution in [1.29, 1.82) is 0 Å². The molecule has 1 heterocycles. The first-order valence-electron chi connectivity index (χ1n) is 5.63. The van der Waals surface area contributed by atoms with Gasteiger partial charge < -0.3 is 10.2 Å². The van der Waals surface area contributed by atoms with Gasteiger partial charge >= 0.3 is 0 Å².